The molecule has 13 heavy (non-hydrogen) atoms. The Bertz CT molecular complexity index is 263. The molecular formula is C10H14O3. The lowest BCUT2D eigenvalue weighted by atomic mass is 9.77. The zero-order valence-electron chi connectivity index (χ0n) is 8.16. The van der Waals surface area contributed by atoms with Crippen molar-refractivity contribution in [2.75, 3.05) is 7.11 Å². The SMILES string of the molecule is COC1C(C)CC(=O)C(=C=O)C1C. The summed E-state index contributed by atoms with van der Waals surface area (Å²) >= 11 is 0. The van der Waals surface area contributed by atoms with Crippen LogP contribution >= 0.6 is 0 Å². The maximum atomic E-state index is 11.4. The van der Waals surface area contributed by atoms with Gasteiger partial charge in [-0.15, -0.1) is 0 Å². The van der Waals surface area contributed by atoms with E-state index in [1.54, 1.807) is 13.1 Å². The maximum Gasteiger partial charge on any atom is 0.170 e. The molecule has 3 heteroatoms. The van der Waals surface area contributed by atoms with E-state index in [1.807, 2.05) is 13.8 Å². The Kier molecular flexibility index (Phi) is 3.02. The predicted octanol–water partition coefficient (Wildman–Crippen LogP) is 1.00. The second-order valence-corrected chi connectivity index (χ2v) is 3.61. The molecule has 3 nitrogen and oxygen atoms in total. The Morgan fingerprint density at radius 3 is 2.54 bits per heavy atom. The molecule has 0 bridgehead atoms. The van der Waals surface area contributed by atoms with E-state index in [1.165, 1.54) is 0 Å². The standard InChI is InChI=1S/C10H14O3/c1-6-4-9(12)8(5-11)7(2)10(6)13-3/h6-7,10H,4H2,1-3H3. The highest BCUT2D eigenvalue weighted by Crippen LogP contribution is 2.31. The van der Waals surface area contributed by atoms with Gasteiger partial charge in [0, 0.05) is 19.4 Å². The van der Waals surface area contributed by atoms with E-state index in [-0.39, 0.29) is 29.3 Å². The first-order valence-electron chi connectivity index (χ1n) is 4.42. The molecular weight excluding hydrogens is 168 g/mol. The van der Waals surface area contributed by atoms with Crippen molar-refractivity contribution in [3.05, 3.63) is 5.57 Å². The zero-order chi connectivity index (χ0) is 10.0. The highest BCUT2D eigenvalue weighted by molar-refractivity contribution is 6.03. The second-order valence-electron chi connectivity index (χ2n) is 3.61. The average molecular weight is 182 g/mol. The Morgan fingerprint density at radius 2 is 2.08 bits per heavy atom. The number of methoxy groups -OCH3 is 1. The lowest BCUT2D eigenvalue weighted by Gasteiger charge is -2.32. The van der Waals surface area contributed by atoms with Gasteiger partial charge in [-0.3, -0.25) is 4.79 Å². The quantitative estimate of drug-likeness (QED) is 0.449. The normalized spacial score (nSPS) is 34.5. The minimum atomic E-state index is -0.126. The van der Waals surface area contributed by atoms with Crippen LogP contribution in [0.15, 0.2) is 5.57 Å². The fraction of sp³-hybridized carbons (Fsp3) is 0.700. The molecule has 0 amide bonds. The van der Waals surface area contributed by atoms with E-state index in [0.717, 1.165) is 0 Å². The molecule has 0 heterocycles. The molecule has 0 aromatic rings. The summed E-state index contributed by atoms with van der Waals surface area (Å²) in [5, 5.41) is 0. The molecule has 1 fully saturated rings. The average Bonchev–Trinajstić information content (AvgIpc) is 2.04. The molecule has 3 unspecified atom stereocenters. The van der Waals surface area contributed by atoms with Crippen LogP contribution in [-0.4, -0.2) is 24.9 Å². The van der Waals surface area contributed by atoms with Gasteiger partial charge >= 0.3 is 0 Å². The van der Waals surface area contributed by atoms with Gasteiger partial charge in [-0.05, 0) is 5.92 Å². The summed E-state index contributed by atoms with van der Waals surface area (Å²) in [6, 6.07) is 0. The van der Waals surface area contributed by atoms with Crippen molar-refractivity contribution < 1.29 is 14.3 Å². The van der Waals surface area contributed by atoms with Gasteiger partial charge in [0.05, 0.1) is 11.7 Å². The molecule has 3 atom stereocenters. The highest BCUT2D eigenvalue weighted by Gasteiger charge is 2.36. The van der Waals surface area contributed by atoms with Gasteiger partial charge in [-0.2, -0.15) is 0 Å². The molecule has 0 aromatic carbocycles. The van der Waals surface area contributed by atoms with Crippen LogP contribution in [0, 0.1) is 11.8 Å². The number of carbonyl (C=O) groups excluding carboxylic acids is 2. The summed E-state index contributed by atoms with van der Waals surface area (Å²) in [6.07, 6.45) is 0.363. The first-order chi connectivity index (χ1) is 6.11. The molecule has 1 saturated carbocycles. The van der Waals surface area contributed by atoms with E-state index < -0.39 is 0 Å². The van der Waals surface area contributed by atoms with Crippen molar-refractivity contribution >= 4 is 11.7 Å². The summed E-state index contributed by atoms with van der Waals surface area (Å²) in [4.78, 5) is 21.9. The topological polar surface area (TPSA) is 43.4 Å². The maximum absolute atomic E-state index is 11.4. The van der Waals surface area contributed by atoms with Gasteiger partial charge in [0.1, 0.15) is 5.94 Å². The number of ether oxygens (including phenoxy) is 1. The van der Waals surface area contributed by atoms with E-state index in [9.17, 15) is 9.59 Å². The Hall–Kier alpha value is -0.920. The molecule has 0 radical (unpaired) electrons. The minimum absolute atomic E-state index is 0.0332. The number of carbonyl (C=O) groups is 1. The van der Waals surface area contributed by atoms with Crippen LogP contribution in [-0.2, 0) is 14.3 Å². The van der Waals surface area contributed by atoms with E-state index in [4.69, 9.17) is 4.74 Å². The van der Waals surface area contributed by atoms with Gasteiger partial charge in [0.25, 0.3) is 0 Å². The molecule has 1 aliphatic rings. The van der Waals surface area contributed by atoms with Crippen LogP contribution < -0.4 is 0 Å². The number of hydrogen-bond acceptors (Lipinski definition) is 3. The Morgan fingerprint density at radius 1 is 1.46 bits per heavy atom. The monoisotopic (exact) mass is 182 g/mol. The summed E-state index contributed by atoms with van der Waals surface area (Å²) in [7, 11) is 1.61. The number of hydrogen-bond donors (Lipinski definition) is 0. The number of ketones is 1. The van der Waals surface area contributed by atoms with Gasteiger partial charge in [-0.25, -0.2) is 4.79 Å². The fourth-order valence-corrected chi connectivity index (χ4v) is 2.02. The van der Waals surface area contributed by atoms with Crippen LogP contribution in [0.2, 0.25) is 0 Å². The van der Waals surface area contributed by atoms with E-state index in [0.29, 0.717) is 6.42 Å². The highest BCUT2D eigenvalue weighted by atomic mass is 16.5. The van der Waals surface area contributed by atoms with Gasteiger partial charge < -0.3 is 4.74 Å². The van der Waals surface area contributed by atoms with Crippen molar-refractivity contribution in [1.82, 2.24) is 0 Å². The molecule has 0 aliphatic heterocycles. The molecule has 1 aliphatic carbocycles. The van der Waals surface area contributed by atoms with Gasteiger partial charge in [-0.1, -0.05) is 13.8 Å². The molecule has 72 valence electrons. The van der Waals surface area contributed by atoms with Crippen molar-refractivity contribution in [3.8, 4) is 0 Å². The lowest BCUT2D eigenvalue weighted by molar-refractivity contribution is -0.121. The first kappa shape index (κ1) is 10.2. The molecule has 0 aromatic heterocycles. The second kappa shape index (κ2) is 3.86. The smallest absolute Gasteiger partial charge is 0.170 e. The van der Waals surface area contributed by atoms with Crippen LogP contribution in [0.4, 0.5) is 0 Å². The van der Waals surface area contributed by atoms with Crippen LogP contribution in [0.1, 0.15) is 20.3 Å². The summed E-state index contributed by atoms with van der Waals surface area (Å²) in [6.45, 7) is 3.80. The minimum Gasteiger partial charge on any atom is -0.381 e. The number of Topliss-reactive ketones (excluding diaryl/α,β-unsaturated/α-hetero) is 1. The Labute approximate surface area is 77.8 Å². The molecule has 0 saturated heterocycles. The predicted molar refractivity (Wildman–Crippen MR) is 48.0 cm³/mol. The summed E-state index contributed by atoms with van der Waals surface area (Å²) in [5.74, 6) is 1.70. The lowest BCUT2D eigenvalue weighted by Crippen LogP contribution is -2.38. The molecule has 0 spiro atoms. The van der Waals surface area contributed by atoms with Crippen molar-refractivity contribution in [2.24, 2.45) is 11.8 Å². The third-order valence-electron chi connectivity index (χ3n) is 2.70. The summed E-state index contributed by atoms with van der Waals surface area (Å²) in [5.41, 5.74) is 0.255. The Balaban J connectivity index is 2.94. The van der Waals surface area contributed by atoms with Crippen LogP contribution in [0.3, 0.4) is 0 Å². The summed E-state index contributed by atoms with van der Waals surface area (Å²) < 4.78 is 5.24. The van der Waals surface area contributed by atoms with Crippen molar-refractivity contribution in [1.29, 1.82) is 0 Å². The first-order valence-corrected chi connectivity index (χ1v) is 4.42. The third kappa shape index (κ3) is 1.71. The largest absolute Gasteiger partial charge is 0.381 e. The molecule has 1 rings (SSSR count). The van der Waals surface area contributed by atoms with Crippen LogP contribution in [0.25, 0.3) is 0 Å². The third-order valence-corrected chi connectivity index (χ3v) is 2.70. The van der Waals surface area contributed by atoms with E-state index in [2.05, 4.69) is 0 Å². The van der Waals surface area contributed by atoms with Gasteiger partial charge in [0.15, 0.2) is 5.78 Å². The van der Waals surface area contributed by atoms with Crippen molar-refractivity contribution in [3.63, 3.8) is 0 Å². The van der Waals surface area contributed by atoms with Gasteiger partial charge in [0.2, 0.25) is 0 Å². The molecule has 0 N–H and O–H groups in total. The van der Waals surface area contributed by atoms with Crippen LogP contribution in [0.5, 0.6) is 0 Å². The zero-order valence-corrected chi connectivity index (χ0v) is 8.16. The van der Waals surface area contributed by atoms with Crippen molar-refractivity contribution in [2.45, 2.75) is 26.4 Å². The van der Waals surface area contributed by atoms with E-state index >= 15 is 0 Å². The number of rotatable bonds is 1. The fourth-order valence-electron chi connectivity index (χ4n) is 2.02.